The van der Waals surface area contributed by atoms with E-state index in [1.165, 1.54) is 21.3 Å². The van der Waals surface area contributed by atoms with Gasteiger partial charge in [0.25, 0.3) is 0 Å². The average Bonchev–Trinajstić information content (AvgIpc) is 3.03. The van der Waals surface area contributed by atoms with E-state index >= 15 is 0 Å². The maximum Gasteiger partial charge on any atom is 0.228 e. The van der Waals surface area contributed by atoms with Gasteiger partial charge in [0, 0.05) is 55.4 Å². The first-order valence-corrected chi connectivity index (χ1v) is 14.3. The van der Waals surface area contributed by atoms with Crippen molar-refractivity contribution in [3.63, 3.8) is 0 Å². The van der Waals surface area contributed by atoms with Gasteiger partial charge in [-0.3, -0.25) is 9.59 Å². The third kappa shape index (κ3) is 5.79. The Morgan fingerprint density at radius 3 is 2.05 bits per heavy atom. The molecule has 3 aromatic rings. The number of carbonyl (C=O) groups excluding carboxylic acids is 2. The molecule has 2 saturated heterocycles. The number of hydrogen-bond acceptors (Lipinski definition) is 7. The predicted octanol–water partition coefficient (Wildman–Crippen LogP) is 5.21. The first-order chi connectivity index (χ1) is 20.4. The molecule has 0 N–H and O–H groups in total. The highest BCUT2D eigenvalue weighted by molar-refractivity contribution is 6.30. The fraction of sp³-hybridized carbons (Fsp3) is 0.375. The van der Waals surface area contributed by atoms with Crippen LogP contribution in [0.15, 0.2) is 60.7 Å². The summed E-state index contributed by atoms with van der Waals surface area (Å²) in [5.74, 6) is 1.48. The Bertz CT molecular complexity index is 1400. The zero-order chi connectivity index (χ0) is 29.8. The third-order valence-electron chi connectivity index (χ3n) is 8.06. The van der Waals surface area contributed by atoms with Gasteiger partial charge in [-0.05, 0) is 42.3 Å². The van der Waals surface area contributed by atoms with E-state index in [1.54, 1.807) is 24.1 Å². The molecule has 2 atom stereocenters. The fourth-order valence-corrected chi connectivity index (χ4v) is 6.12. The second kappa shape index (κ2) is 12.8. The van der Waals surface area contributed by atoms with Crippen LogP contribution >= 0.6 is 11.6 Å². The third-order valence-corrected chi connectivity index (χ3v) is 8.30. The normalized spacial score (nSPS) is 19.0. The summed E-state index contributed by atoms with van der Waals surface area (Å²) in [4.78, 5) is 33.8. The molecule has 222 valence electrons. The lowest BCUT2D eigenvalue weighted by Gasteiger charge is -2.44. The molecular weight excluding hydrogens is 558 g/mol. The summed E-state index contributed by atoms with van der Waals surface area (Å²) in [6, 6.07) is 18.3. The van der Waals surface area contributed by atoms with Gasteiger partial charge in [0.2, 0.25) is 17.6 Å². The van der Waals surface area contributed by atoms with Gasteiger partial charge in [0.1, 0.15) is 5.75 Å². The number of benzene rings is 3. The molecule has 0 bridgehead atoms. The number of nitrogens with zero attached hydrogens (tertiary/aromatic N) is 3. The van der Waals surface area contributed by atoms with Crippen molar-refractivity contribution >= 4 is 34.8 Å². The van der Waals surface area contributed by atoms with Crippen LogP contribution in [0.2, 0.25) is 5.02 Å². The fourth-order valence-electron chi connectivity index (χ4n) is 5.94. The van der Waals surface area contributed by atoms with Crippen molar-refractivity contribution in [2.75, 3.05) is 64.4 Å². The highest BCUT2D eigenvalue weighted by Gasteiger charge is 2.44. The summed E-state index contributed by atoms with van der Waals surface area (Å²) in [6.07, 6.45) is 0.687. The Labute approximate surface area is 251 Å². The molecule has 0 aliphatic carbocycles. The summed E-state index contributed by atoms with van der Waals surface area (Å²) >= 11 is 6.22. The summed E-state index contributed by atoms with van der Waals surface area (Å²) in [5, 5.41) is 0.687. The van der Waals surface area contributed by atoms with Crippen molar-refractivity contribution in [3.8, 4) is 23.0 Å². The van der Waals surface area contributed by atoms with E-state index in [-0.39, 0.29) is 18.2 Å². The highest BCUT2D eigenvalue weighted by atomic mass is 35.5. The van der Waals surface area contributed by atoms with Gasteiger partial charge < -0.3 is 33.6 Å². The van der Waals surface area contributed by atoms with Gasteiger partial charge >= 0.3 is 0 Å². The van der Waals surface area contributed by atoms with Crippen molar-refractivity contribution in [1.82, 2.24) is 4.90 Å². The lowest BCUT2D eigenvalue weighted by Crippen LogP contribution is -2.54. The molecule has 0 aromatic heterocycles. The van der Waals surface area contributed by atoms with Crippen molar-refractivity contribution < 1.29 is 28.5 Å². The number of carbonyl (C=O) groups is 2. The SMILES string of the molecule is COc1ccc([C@@H]2[C@H](C(=O)N3CCN(c4cccc(Cl)c4)CC3)CCC(=O)N2c2cc(OC)c(OC)c(OC)c2)cc1. The monoisotopic (exact) mass is 593 g/mol. The Morgan fingerprint density at radius 1 is 0.810 bits per heavy atom. The summed E-state index contributed by atoms with van der Waals surface area (Å²) in [7, 11) is 6.22. The minimum atomic E-state index is -0.543. The quantitative estimate of drug-likeness (QED) is 0.355. The second-order valence-electron chi connectivity index (χ2n) is 10.3. The van der Waals surface area contributed by atoms with Gasteiger partial charge in [-0.1, -0.05) is 29.8 Å². The van der Waals surface area contributed by atoms with Crippen LogP contribution in [0.3, 0.4) is 0 Å². The van der Waals surface area contributed by atoms with E-state index < -0.39 is 12.0 Å². The van der Waals surface area contributed by atoms with Gasteiger partial charge in [-0.25, -0.2) is 0 Å². The van der Waals surface area contributed by atoms with E-state index in [2.05, 4.69) is 4.90 Å². The second-order valence-corrected chi connectivity index (χ2v) is 10.7. The van der Waals surface area contributed by atoms with Gasteiger partial charge in [-0.15, -0.1) is 0 Å². The van der Waals surface area contributed by atoms with Gasteiger partial charge in [0.05, 0.1) is 46.1 Å². The summed E-state index contributed by atoms with van der Waals surface area (Å²) < 4.78 is 22.1. The molecule has 42 heavy (non-hydrogen) atoms. The molecule has 2 aliphatic heterocycles. The van der Waals surface area contributed by atoms with Crippen LogP contribution in [0, 0.1) is 5.92 Å². The van der Waals surface area contributed by atoms with E-state index in [1.807, 2.05) is 53.4 Å². The zero-order valence-electron chi connectivity index (χ0n) is 24.3. The Hall–Kier alpha value is -4.11. The molecular formula is C32H36ClN3O6. The Balaban J connectivity index is 1.49. The molecule has 10 heteroatoms. The molecule has 2 aliphatic rings. The topological polar surface area (TPSA) is 80.8 Å². The van der Waals surface area contributed by atoms with E-state index in [0.29, 0.717) is 66.3 Å². The average molecular weight is 594 g/mol. The number of anilines is 2. The van der Waals surface area contributed by atoms with Crippen LogP contribution < -0.4 is 28.7 Å². The van der Waals surface area contributed by atoms with Crippen LogP contribution in [0.5, 0.6) is 23.0 Å². The molecule has 2 heterocycles. The maximum absolute atomic E-state index is 14.2. The molecule has 0 spiro atoms. The van der Waals surface area contributed by atoms with Crippen LogP contribution in [0.4, 0.5) is 11.4 Å². The number of hydrogen-bond donors (Lipinski definition) is 0. The smallest absolute Gasteiger partial charge is 0.228 e. The van der Waals surface area contributed by atoms with Crippen molar-refractivity contribution in [3.05, 3.63) is 71.2 Å². The molecule has 3 aromatic carbocycles. The predicted molar refractivity (Wildman–Crippen MR) is 162 cm³/mol. The largest absolute Gasteiger partial charge is 0.497 e. The number of halogens is 1. The van der Waals surface area contributed by atoms with Crippen LogP contribution in [-0.2, 0) is 9.59 Å². The van der Waals surface area contributed by atoms with E-state index in [0.717, 1.165) is 11.3 Å². The van der Waals surface area contributed by atoms with E-state index in [4.69, 9.17) is 30.5 Å². The van der Waals surface area contributed by atoms with Crippen LogP contribution in [-0.4, -0.2) is 71.3 Å². The maximum atomic E-state index is 14.2. The molecule has 0 radical (unpaired) electrons. The highest BCUT2D eigenvalue weighted by Crippen LogP contribution is 2.46. The summed E-state index contributed by atoms with van der Waals surface area (Å²) in [6.45, 7) is 2.55. The Morgan fingerprint density at radius 2 is 1.48 bits per heavy atom. The van der Waals surface area contributed by atoms with Crippen LogP contribution in [0.1, 0.15) is 24.4 Å². The number of amides is 2. The number of piperidine rings is 1. The molecule has 2 amide bonds. The molecule has 0 saturated carbocycles. The first kappa shape index (κ1) is 29.4. The first-order valence-electron chi connectivity index (χ1n) is 13.9. The van der Waals surface area contributed by atoms with Crippen molar-refractivity contribution in [2.45, 2.75) is 18.9 Å². The van der Waals surface area contributed by atoms with E-state index in [9.17, 15) is 9.59 Å². The minimum Gasteiger partial charge on any atom is -0.497 e. The number of piperazine rings is 1. The lowest BCUT2D eigenvalue weighted by atomic mass is 9.82. The molecule has 2 fully saturated rings. The molecule has 0 unspecified atom stereocenters. The molecule has 5 rings (SSSR count). The number of rotatable bonds is 8. The van der Waals surface area contributed by atoms with Gasteiger partial charge in [0.15, 0.2) is 11.5 Å². The van der Waals surface area contributed by atoms with Crippen LogP contribution in [0.25, 0.3) is 0 Å². The van der Waals surface area contributed by atoms with Crippen molar-refractivity contribution in [1.29, 1.82) is 0 Å². The Kier molecular flexibility index (Phi) is 8.97. The number of methoxy groups -OCH3 is 4. The molecule has 9 nitrogen and oxygen atoms in total. The van der Waals surface area contributed by atoms with Gasteiger partial charge in [-0.2, -0.15) is 0 Å². The minimum absolute atomic E-state index is 0.0338. The standard InChI is InChI=1S/C32H36ClN3O6/c1-39-25-10-8-21(9-11-25)30-26(32(38)35-16-14-34(15-17-35)23-7-5-6-22(33)18-23)12-13-29(37)36(30)24-19-27(40-2)31(42-4)28(20-24)41-3/h5-11,18-20,26,30H,12-17H2,1-4H3/t26-,30-/m1/s1. The zero-order valence-corrected chi connectivity index (χ0v) is 25.1. The van der Waals surface area contributed by atoms with Crippen molar-refractivity contribution in [2.24, 2.45) is 5.92 Å². The number of ether oxygens (including phenoxy) is 4. The summed E-state index contributed by atoms with van der Waals surface area (Å²) in [5.41, 5.74) is 2.45. The lowest BCUT2D eigenvalue weighted by molar-refractivity contribution is -0.138.